The Morgan fingerprint density at radius 2 is 1.05 bits per heavy atom. The summed E-state index contributed by atoms with van der Waals surface area (Å²) in [7, 11) is 0. The molecule has 4 atom stereocenters. The summed E-state index contributed by atoms with van der Waals surface area (Å²) in [6, 6.07) is 39.3. The highest BCUT2D eigenvalue weighted by Gasteiger charge is 2.39. The fraction of sp³-hybridized carbons (Fsp3) is 0.311. The number of fused-ring (bicyclic) bond motifs is 1. The third kappa shape index (κ3) is 11.1. The van der Waals surface area contributed by atoms with Crippen LogP contribution in [0.1, 0.15) is 120 Å². The van der Waals surface area contributed by atoms with Crippen molar-refractivity contribution in [3.05, 3.63) is 168 Å². The van der Waals surface area contributed by atoms with Gasteiger partial charge in [0.15, 0.2) is 0 Å². The number of aromatic nitrogens is 5. The van der Waals surface area contributed by atoms with Gasteiger partial charge in [0.2, 0.25) is 0 Å². The molecule has 2 fully saturated rings. The van der Waals surface area contributed by atoms with Gasteiger partial charge < -0.3 is 44.9 Å². The van der Waals surface area contributed by atoms with Crippen molar-refractivity contribution < 1.29 is 28.7 Å². The minimum absolute atomic E-state index is 0.222. The second-order valence-electron chi connectivity index (χ2n) is 21.8. The van der Waals surface area contributed by atoms with Gasteiger partial charge in [-0.05, 0) is 114 Å². The Kier molecular flexibility index (Phi) is 14.1. The van der Waals surface area contributed by atoms with Crippen molar-refractivity contribution in [1.29, 1.82) is 0 Å². The van der Waals surface area contributed by atoms with Crippen molar-refractivity contribution in [3.63, 3.8) is 0 Å². The number of aryl methyl sites for hydroxylation is 1. The maximum Gasteiger partial charge on any atom is 0.408 e. The lowest BCUT2D eigenvalue weighted by Crippen LogP contribution is -2.44. The fourth-order valence-electron chi connectivity index (χ4n) is 10.5. The van der Waals surface area contributed by atoms with Gasteiger partial charge >= 0.3 is 12.2 Å². The molecule has 0 saturated carbocycles. The average Bonchev–Trinajstić information content (AvgIpc) is 4.26. The number of ether oxygens (including phenoxy) is 2. The number of nitrogens with zero attached hydrogens (tertiary/aromatic N) is 4. The molecule has 4 amide bonds. The molecule has 390 valence electrons. The number of imidazole rings is 2. The normalized spacial score (nSPS) is 16.6. The van der Waals surface area contributed by atoms with Crippen LogP contribution in [0.4, 0.5) is 9.59 Å². The number of nitrogens with one attached hydrogen (secondary N) is 5. The molecule has 0 radical (unpaired) electrons. The van der Waals surface area contributed by atoms with Gasteiger partial charge in [-0.3, -0.25) is 9.59 Å². The van der Waals surface area contributed by atoms with Crippen LogP contribution in [0.5, 0.6) is 0 Å². The molecule has 15 nitrogen and oxygen atoms in total. The minimum atomic E-state index is -0.935. The van der Waals surface area contributed by atoms with Gasteiger partial charge in [0, 0.05) is 35.1 Å². The van der Waals surface area contributed by atoms with Crippen LogP contribution in [0.25, 0.3) is 55.8 Å². The maximum atomic E-state index is 14.4. The molecule has 5 N–H and O–H groups in total. The van der Waals surface area contributed by atoms with Crippen molar-refractivity contribution in [2.24, 2.45) is 0 Å². The van der Waals surface area contributed by atoms with Crippen LogP contribution < -0.4 is 10.6 Å². The third-order valence-corrected chi connectivity index (χ3v) is 13.9. The first-order chi connectivity index (χ1) is 36.5. The zero-order valence-corrected chi connectivity index (χ0v) is 44.1. The molecule has 2 aliphatic rings. The van der Waals surface area contributed by atoms with Gasteiger partial charge in [0.05, 0.1) is 41.6 Å². The van der Waals surface area contributed by atoms with E-state index < -0.39 is 35.5 Å². The Morgan fingerprint density at radius 3 is 1.55 bits per heavy atom. The first-order valence-electron chi connectivity index (χ1n) is 26.1. The summed E-state index contributed by atoms with van der Waals surface area (Å²) < 4.78 is 11.1. The number of hydrogen-bond acceptors (Lipinski definition) is 8. The molecule has 3 aromatic heterocycles. The van der Waals surface area contributed by atoms with E-state index in [0.717, 1.165) is 87.0 Å². The van der Waals surface area contributed by atoms with Crippen molar-refractivity contribution in [3.8, 4) is 44.9 Å². The maximum absolute atomic E-state index is 14.4. The van der Waals surface area contributed by atoms with E-state index in [0.29, 0.717) is 35.9 Å². The van der Waals surface area contributed by atoms with Gasteiger partial charge in [-0.1, -0.05) is 121 Å². The SMILES string of the molecule is Cc1cccc(-c2c(-c3ccc(-c4cnc([C@@H]5CCCN5C(=O)[C@H](NC(=O)OC(C)(C)C)c5ccccc5)[nH]4)cc3)[nH]c3ccc(-c4cnc([C@@H]5CCCN5C(=O)[C@H](NC(=O)OC(C)(C)C)c5ccccc5)[nH]4)cc23)c1. The second kappa shape index (κ2) is 21.0. The van der Waals surface area contributed by atoms with Crippen molar-refractivity contribution >= 4 is 34.9 Å². The van der Waals surface area contributed by atoms with E-state index in [1.54, 1.807) is 41.5 Å². The molecule has 0 aliphatic carbocycles. The molecule has 2 saturated heterocycles. The van der Waals surface area contributed by atoms with E-state index in [1.165, 1.54) is 0 Å². The predicted octanol–water partition coefficient (Wildman–Crippen LogP) is 12.4. The molecular formula is C61H65N9O6. The van der Waals surface area contributed by atoms with Crippen LogP contribution in [0, 0.1) is 6.92 Å². The predicted molar refractivity (Wildman–Crippen MR) is 294 cm³/mol. The van der Waals surface area contributed by atoms with Crippen molar-refractivity contribution in [2.75, 3.05) is 13.1 Å². The Labute approximate surface area is 442 Å². The summed E-state index contributed by atoms with van der Waals surface area (Å²) in [5.41, 5.74) is 9.64. The first-order valence-corrected chi connectivity index (χ1v) is 26.1. The number of H-pyrrole nitrogens is 3. The quantitative estimate of drug-likeness (QED) is 0.0798. The average molecular weight is 1020 g/mol. The summed E-state index contributed by atoms with van der Waals surface area (Å²) in [6.45, 7) is 13.9. The van der Waals surface area contributed by atoms with Gasteiger partial charge in [-0.15, -0.1) is 0 Å². The number of carbonyl (C=O) groups excluding carboxylic acids is 4. The van der Waals surface area contributed by atoms with Crippen molar-refractivity contribution in [2.45, 2.75) is 110 Å². The lowest BCUT2D eigenvalue weighted by molar-refractivity contribution is -0.135. The zero-order valence-electron chi connectivity index (χ0n) is 44.1. The summed E-state index contributed by atoms with van der Waals surface area (Å²) in [5, 5.41) is 6.73. The van der Waals surface area contributed by atoms with Gasteiger partial charge in [0.1, 0.15) is 34.9 Å². The topological polar surface area (TPSA) is 190 Å². The number of alkyl carbamates (subject to hydrolysis) is 2. The molecule has 76 heavy (non-hydrogen) atoms. The second-order valence-corrected chi connectivity index (χ2v) is 21.8. The van der Waals surface area contributed by atoms with Gasteiger partial charge in [0.25, 0.3) is 11.8 Å². The number of likely N-dealkylation sites (tertiary alicyclic amines) is 2. The van der Waals surface area contributed by atoms with E-state index in [4.69, 9.17) is 19.4 Å². The van der Waals surface area contributed by atoms with E-state index in [9.17, 15) is 19.2 Å². The van der Waals surface area contributed by atoms with Gasteiger partial charge in [-0.25, -0.2) is 19.6 Å². The molecule has 5 aromatic carbocycles. The number of carbonyl (C=O) groups is 4. The summed E-state index contributed by atoms with van der Waals surface area (Å²) >= 11 is 0. The highest BCUT2D eigenvalue weighted by molar-refractivity contribution is 6.05. The Hall–Kier alpha value is -8.46. The number of hydrogen-bond donors (Lipinski definition) is 5. The summed E-state index contributed by atoms with van der Waals surface area (Å²) in [4.78, 5) is 79.0. The largest absolute Gasteiger partial charge is 0.444 e. The number of rotatable bonds is 12. The Morgan fingerprint density at radius 1 is 0.566 bits per heavy atom. The molecule has 0 bridgehead atoms. The molecule has 0 unspecified atom stereocenters. The van der Waals surface area contributed by atoms with Crippen molar-refractivity contribution in [1.82, 2.24) is 45.4 Å². The molecule has 8 aromatic rings. The van der Waals surface area contributed by atoms with Crippen LogP contribution in [-0.2, 0) is 19.1 Å². The number of benzene rings is 5. The molecule has 15 heteroatoms. The standard InChI is InChI=1S/C61H65N9O6/c1-37-17-14-22-43(33-37)50-44-34-42(47-36-63-55(66-47)49-24-16-32-70(49)57(72)53(40-20-12-9-13-21-40)68-59(74)76-61(5,6)7)29-30-45(44)64-51(50)41-27-25-38(26-28-41)46-35-62-54(65-46)48-23-15-31-69(48)56(71)52(39-18-10-8-11-19-39)67-58(73)75-60(2,3)4/h8-14,17-22,25-30,33-36,48-49,52-53,64H,15-16,23-24,31-32H2,1-7H3,(H,62,65)(H,63,66)(H,67,73)(H,68,74)/t48-,49-,52+,53+/m0/s1. The smallest absolute Gasteiger partial charge is 0.408 e. The highest BCUT2D eigenvalue weighted by Crippen LogP contribution is 2.42. The monoisotopic (exact) mass is 1020 g/mol. The molecule has 5 heterocycles. The summed E-state index contributed by atoms with van der Waals surface area (Å²) in [6.07, 6.45) is 5.36. The van der Waals surface area contributed by atoms with Gasteiger partial charge in [-0.2, -0.15) is 0 Å². The third-order valence-electron chi connectivity index (χ3n) is 13.9. The van der Waals surface area contributed by atoms with Crippen LogP contribution in [0.3, 0.4) is 0 Å². The molecule has 2 aliphatic heterocycles. The lowest BCUT2D eigenvalue weighted by Gasteiger charge is -2.29. The fourth-order valence-corrected chi connectivity index (χ4v) is 10.5. The highest BCUT2D eigenvalue weighted by atomic mass is 16.6. The molecule has 10 rings (SSSR count). The van der Waals surface area contributed by atoms with Crippen LogP contribution in [0.15, 0.2) is 140 Å². The number of amides is 4. The van der Waals surface area contributed by atoms with Crippen LogP contribution in [-0.4, -0.2) is 83.0 Å². The van der Waals surface area contributed by atoms with E-state index in [-0.39, 0.29) is 23.9 Å². The van der Waals surface area contributed by atoms with E-state index in [1.807, 2.05) is 82.9 Å². The Bertz CT molecular complexity index is 3390. The zero-order chi connectivity index (χ0) is 53.3. The molecule has 0 spiro atoms. The Balaban J connectivity index is 0.901. The van der Waals surface area contributed by atoms with Crippen LogP contribution in [0.2, 0.25) is 0 Å². The molecular weight excluding hydrogens is 955 g/mol. The van der Waals surface area contributed by atoms with E-state index in [2.05, 4.69) is 99.2 Å². The van der Waals surface area contributed by atoms with Crippen LogP contribution >= 0.6 is 0 Å². The minimum Gasteiger partial charge on any atom is -0.444 e. The first kappa shape index (κ1) is 51.0. The van der Waals surface area contributed by atoms with E-state index >= 15 is 0 Å². The summed E-state index contributed by atoms with van der Waals surface area (Å²) in [5.74, 6) is 0.920. The number of aromatic amines is 3. The lowest BCUT2D eigenvalue weighted by atomic mass is 9.95.